The van der Waals surface area contributed by atoms with Crippen LogP contribution in [0, 0.1) is 0 Å². The van der Waals surface area contributed by atoms with Gasteiger partial charge in [-0.25, -0.2) is 0 Å². The van der Waals surface area contributed by atoms with Gasteiger partial charge in [-0.2, -0.15) is 0 Å². The summed E-state index contributed by atoms with van der Waals surface area (Å²) in [5.74, 6) is 0.914. The van der Waals surface area contributed by atoms with Gasteiger partial charge in [0.1, 0.15) is 11.5 Å². The van der Waals surface area contributed by atoms with E-state index in [4.69, 9.17) is 0 Å². The fourth-order valence-electron chi connectivity index (χ4n) is 4.52. The van der Waals surface area contributed by atoms with Crippen LogP contribution in [0.25, 0.3) is 0 Å². The van der Waals surface area contributed by atoms with Crippen LogP contribution >= 0.6 is 0 Å². The second-order valence-electron chi connectivity index (χ2n) is 16.2. The predicted molar refractivity (Wildman–Crippen MR) is 175 cm³/mol. The van der Waals surface area contributed by atoms with Gasteiger partial charge < -0.3 is 20.8 Å². The number of hydrogen-bond donors (Lipinski definition) is 4. The monoisotopic (exact) mass is 554 g/mol. The van der Waals surface area contributed by atoms with E-state index < -0.39 is 0 Å². The SMILES string of the molecule is CC(C)NCc1cc(C(C)(C)C)c(O)c(C(C)(C)C)c1.CC(C)NCc1cc(C(C)(C)C)c(O)c(C(C)(C)C)c1. The molecule has 0 saturated heterocycles. The number of aromatic hydroxyl groups is 2. The molecule has 4 nitrogen and oxygen atoms in total. The highest BCUT2D eigenvalue weighted by molar-refractivity contribution is 5.51. The minimum Gasteiger partial charge on any atom is -0.507 e. The van der Waals surface area contributed by atoms with E-state index in [2.05, 4.69) is 146 Å². The smallest absolute Gasteiger partial charge is 0.123 e. The summed E-state index contributed by atoms with van der Waals surface area (Å²) >= 11 is 0. The first kappa shape index (κ1) is 36.0. The summed E-state index contributed by atoms with van der Waals surface area (Å²) in [6.07, 6.45) is 0. The number of rotatable bonds is 6. The molecule has 0 heterocycles. The van der Waals surface area contributed by atoms with Gasteiger partial charge >= 0.3 is 0 Å². The van der Waals surface area contributed by atoms with E-state index in [9.17, 15) is 10.2 Å². The molecule has 2 aromatic rings. The molecule has 0 amide bonds. The molecule has 4 heteroatoms. The molecule has 2 aromatic carbocycles. The largest absolute Gasteiger partial charge is 0.507 e. The maximum absolute atomic E-state index is 10.6. The van der Waals surface area contributed by atoms with Crippen molar-refractivity contribution in [2.24, 2.45) is 0 Å². The van der Waals surface area contributed by atoms with Crippen molar-refractivity contribution in [3.8, 4) is 11.5 Å². The van der Waals surface area contributed by atoms with Gasteiger partial charge in [-0.3, -0.25) is 0 Å². The molecule has 0 atom stereocenters. The highest BCUT2D eigenvalue weighted by Crippen LogP contribution is 2.41. The predicted octanol–water partition coefficient (Wildman–Crippen LogP) is 8.97. The lowest BCUT2D eigenvalue weighted by atomic mass is 9.78. The van der Waals surface area contributed by atoms with Gasteiger partial charge in [-0.05, 0) is 55.0 Å². The van der Waals surface area contributed by atoms with Gasteiger partial charge in [0.2, 0.25) is 0 Å². The molecule has 0 aliphatic rings. The summed E-state index contributed by atoms with van der Waals surface area (Å²) in [6.45, 7) is 36.0. The number of benzene rings is 2. The van der Waals surface area contributed by atoms with Gasteiger partial charge in [0, 0.05) is 25.2 Å². The Labute approximate surface area is 247 Å². The van der Waals surface area contributed by atoms with Crippen LogP contribution in [0.3, 0.4) is 0 Å². The maximum atomic E-state index is 10.6. The summed E-state index contributed by atoms with van der Waals surface area (Å²) in [7, 11) is 0. The Hall–Kier alpha value is -2.04. The van der Waals surface area contributed by atoms with Crippen LogP contribution < -0.4 is 10.6 Å². The molecule has 2 rings (SSSR count). The topological polar surface area (TPSA) is 64.5 Å². The van der Waals surface area contributed by atoms with Crippen LogP contribution in [-0.2, 0) is 34.7 Å². The van der Waals surface area contributed by atoms with Crippen LogP contribution in [-0.4, -0.2) is 22.3 Å². The third-order valence-electron chi connectivity index (χ3n) is 7.00. The fourth-order valence-corrected chi connectivity index (χ4v) is 4.52. The number of nitrogens with one attached hydrogen (secondary N) is 2. The van der Waals surface area contributed by atoms with Gasteiger partial charge in [0.25, 0.3) is 0 Å². The van der Waals surface area contributed by atoms with Crippen molar-refractivity contribution in [3.63, 3.8) is 0 Å². The highest BCUT2D eigenvalue weighted by atomic mass is 16.3. The molecular weight excluding hydrogens is 492 g/mol. The average molecular weight is 555 g/mol. The zero-order chi connectivity index (χ0) is 31.4. The zero-order valence-electron chi connectivity index (χ0n) is 28.8. The summed E-state index contributed by atoms with van der Waals surface area (Å²) in [6, 6.07) is 9.47. The third-order valence-corrected chi connectivity index (χ3v) is 7.00. The second-order valence-corrected chi connectivity index (χ2v) is 16.2. The summed E-state index contributed by atoms with van der Waals surface area (Å²) < 4.78 is 0. The quantitative estimate of drug-likeness (QED) is 0.288. The molecule has 0 aliphatic carbocycles. The van der Waals surface area contributed by atoms with Crippen molar-refractivity contribution in [1.29, 1.82) is 0 Å². The van der Waals surface area contributed by atoms with Gasteiger partial charge in [-0.1, -0.05) is 135 Å². The normalized spacial score (nSPS) is 13.1. The van der Waals surface area contributed by atoms with E-state index in [1.54, 1.807) is 0 Å². The third kappa shape index (κ3) is 10.7. The minimum absolute atomic E-state index is 0.0576. The molecular formula is C36H62N2O2. The van der Waals surface area contributed by atoms with Gasteiger partial charge in [0.15, 0.2) is 0 Å². The Morgan fingerprint density at radius 1 is 0.475 bits per heavy atom. The standard InChI is InChI=1S/2C18H31NO/c2*1-12(2)19-11-13-9-14(17(3,4)5)16(20)15(10-13)18(6,7)8/h2*9-10,12,19-20H,11H2,1-8H3. The van der Waals surface area contributed by atoms with E-state index in [1.165, 1.54) is 11.1 Å². The lowest BCUT2D eigenvalue weighted by Crippen LogP contribution is -2.23. The zero-order valence-corrected chi connectivity index (χ0v) is 28.8. The van der Waals surface area contributed by atoms with E-state index in [-0.39, 0.29) is 21.7 Å². The first-order valence-corrected chi connectivity index (χ1v) is 15.1. The first-order chi connectivity index (χ1) is 17.9. The Bertz CT molecular complexity index is 942. The van der Waals surface area contributed by atoms with E-state index in [0.717, 1.165) is 35.3 Å². The second kappa shape index (κ2) is 13.3. The van der Waals surface area contributed by atoms with Gasteiger partial charge in [-0.15, -0.1) is 0 Å². The van der Waals surface area contributed by atoms with Crippen molar-refractivity contribution >= 4 is 0 Å². The lowest BCUT2D eigenvalue weighted by molar-refractivity contribution is 0.421. The Morgan fingerprint density at radius 2 is 0.675 bits per heavy atom. The molecule has 0 aromatic heterocycles. The van der Waals surface area contributed by atoms with Crippen molar-refractivity contribution in [1.82, 2.24) is 10.6 Å². The molecule has 0 radical (unpaired) electrons. The molecule has 0 unspecified atom stereocenters. The van der Waals surface area contributed by atoms with E-state index in [0.29, 0.717) is 23.6 Å². The van der Waals surface area contributed by atoms with Crippen LogP contribution in [0.2, 0.25) is 0 Å². The average Bonchev–Trinajstić information content (AvgIpc) is 2.74. The Kier molecular flexibility index (Phi) is 12.0. The first-order valence-electron chi connectivity index (χ1n) is 15.1. The molecule has 228 valence electrons. The number of phenols is 2. The summed E-state index contributed by atoms with van der Waals surface area (Å²) in [4.78, 5) is 0. The Morgan fingerprint density at radius 3 is 0.825 bits per heavy atom. The molecule has 0 bridgehead atoms. The van der Waals surface area contributed by atoms with Crippen molar-refractivity contribution < 1.29 is 10.2 Å². The van der Waals surface area contributed by atoms with E-state index in [1.807, 2.05) is 0 Å². The molecule has 0 saturated carbocycles. The molecule has 0 aliphatic heterocycles. The Balaban J connectivity index is 0.000000400. The van der Waals surface area contributed by atoms with Crippen molar-refractivity contribution in [2.45, 2.75) is 158 Å². The van der Waals surface area contributed by atoms with Crippen LogP contribution in [0.1, 0.15) is 144 Å². The molecule has 40 heavy (non-hydrogen) atoms. The lowest BCUT2D eigenvalue weighted by Gasteiger charge is -2.28. The molecule has 0 spiro atoms. The summed E-state index contributed by atoms with van der Waals surface area (Å²) in [5.41, 5.74) is 6.38. The minimum atomic E-state index is -0.0576. The molecule has 0 fully saturated rings. The maximum Gasteiger partial charge on any atom is 0.123 e. The number of phenolic OH excluding ortho intramolecular Hbond substituents is 2. The molecule has 4 N–H and O–H groups in total. The van der Waals surface area contributed by atoms with Gasteiger partial charge in [0.05, 0.1) is 0 Å². The van der Waals surface area contributed by atoms with Crippen molar-refractivity contribution in [2.75, 3.05) is 0 Å². The fraction of sp³-hybridized carbons (Fsp3) is 0.667. The highest BCUT2D eigenvalue weighted by Gasteiger charge is 2.27. The van der Waals surface area contributed by atoms with E-state index >= 15 is 0 Å². The summed E-state index contributed by atoms with van der Waals surface area (Å²) in [5, 5.41) is 28.2. The van der Waals surface area contributed by atoms with Crippen LogP contribution in [0.5, 0.6) is 11.5 Å². The number of hydrogen-bond acceptors (Lipinski definition) is 4. The van der Waals surface area contributed by atoms with Crippen LogP contribution in [0.15, 0.2) is 24.3 Å². The van der Waals surface area contributed by atoms with Crippen molar-refractivity contribution in [3.05, 3.63) is 57.6 Å². The van der Waals surface area contributed by atoms with Crippen LogP contribution in [0.4, 0.5) is 0 Å².